The van der Waals surface area contributed by atoms with Gasteiger partial charge < -0.3 is 9.73 Å². The summed E-state index contributed by atoms with van der Waals surface area (Å²) >= 11 is 1.58. The zero-order valence-electron chi connectivity index (χ0n) is 14.5. The van der Waals surface area contributed by atoms with E-state index in [9.17, 15) is 4.79 Å². The molecule has 3 rings (SSSR count). The first-order valence-electron chi connectivity index (χ1n) is 8.05. The molecule has 1 amide bonds. The van der Waals surface area contributed by atoms with Gasteiger partial charge >= 0.3 is 0 Å². The lowest BCUT2D eigenvalue weighted by atomic mass is 10.1. The summed E-state index contributed by atoms with van der Waals surface area (Å²) in [6, 6.07) is 11.3. The van der Waals surface area contributed by atoms with Gasteiger partial charge in [-0.1, -0.05) is 12.1 Å². The molecule has 1 atom stereocenters. The number of furan rings is 1. The summed E-state index contributed by atoms with van der Waals surface area (Å²) in [5.74, 6) is 0.728. The quantitative estimate of drug-likeness (QED) is 0.732. The van der Waals surface area contributed by atoms with Crippen molar-refractivity contribution >= 4 is 17.2 Å². The van der Waals surface area contributed by atoms with Gasteiger partial charge in [0.2, 0.25) is 0 Å². The van der Waals surface area contributed by atoms with E-state index in [0.717, 1.165) is 22.0 Å². The average Bonchev–Trinajstić information content (AvgIpc) is 3.26. The third-order valence-corrected chi connectivity index (χ3v) is 4.95. The Hall–Kier alpha value is -2.44. The summed E-state index contributed by atoms with van der Waals surface area (Å²) < 4.78 is 5.47. The molecule has 0 saturated carbocycles. The molecule has 2 heterocycles. The van der Waals surface area contributed by atoms with Crippen LogP contribution in [-0.4, -0.2) is 36.4 Å². The van der Waals surface area contributed by atoms with E-state index in [1.807, 2.05) is 67.7 Å². The normalized spacial score (nSPS) is 12.3. The van der Waals surface area contributed by atoms with Crippen LogP contribution in [-0.2, 0) is 0 Å². The molecule has 1 aromatic carbocycles. The van der Waals surface area contributed by atoms with Gasteiger partial charge in [0.15, 0.2) is 0 Å². The molecule has 0 bridgehead atoms. The van der Waals surface area contributed by atoms with E-state index >= 15 is 0 Å². The minimum absolute atomic E-state index is 0.0104. The fourth-order valence-electron chi connectivity index (χ4n) is 2.59. The lowest BCUT2D eigenvalue weighted by molar-refractivity contribution is 0.0939. The molecule has 0 saturated heterocycles. The molecule has 3 aromatic rings. The van der Waals surface area contributed by atoms with E-state index in [-0.39, 0.29) is 11.9 Å². The second-order valence-electron chi connectivity index (χ2n) is 6.08. The predicted octanol–water partition coefficient (Wildman–Crippen LogP) is 3.74. The highest BCUT2D eigenvalue weighted by atomic mass is 32.1. The zero-order chi connectivity index (χ0) is 17.8. The van der Waals surface area contributed by atoms with E-state index in [0.29, 0.717) is 12.1 Å². The fourth-order valence-corrected chi connectivity index (χ4v) is 3.38. The molecule has 2 aromatic heterocycles. The Kier molecular flexibility index (Phi) is 5.31. The van der Waals surface area contributed by atoms with E-state index in [1.165, 1.54) is 0 Å². The van der Waals surface area contributed by atoms with Crippen LogP contribution in [0, 0.1) is 6.92 Å². The molecule has 1 N–H and O–H groups in total. The van der Waals surface area contributed by atoms with Gasteiger partial charge in [-0.2, -0.15) is 0 Å². The van der Waals surface area contributed by atoms with E-state index in [1.54, 1.807) is 17.6 Å². The van der Waals surface area contributed by atoms with Crippen LogP contribution in [0.1, 0.15) is 27.9 Å². The Bertz CT molecular complexity index is 840. The Morgan fingerprint density at radius 2 is 2.16 bits per heavy atom. The first-order valence-corrected chi connectivity index (χ1v) is 8.93. The standard InChI is InChI=1S/C19H21N3O2S/c1-13-12-25-19(21-13)15-7-4-6-14(10-15)18(23)20-11-16(22(2)3)17-8-5-9-24-17/h4-10,12,16H,11H2,1-3H3,(H,20,23). The van der Waals surface area contributed by atoms with Crippen LogP contribution >= 0.6 is 11.3 Å². The summed E-state index contributed by atoms with van der Waals surface area (Å²) in [6.07, 6.45) is 1.65. The third kappa shape index (κ3) is 4.15. The summed E-state index contributed by atoms with van der Waals surface area (Å²) in [6.45, 7) is 2.44. The van der Waals surface area contributed by atoms with E-state index < -0.39 is 0 Å². The van der Waals surface area contributed by atoms with Gasteiger partial charge in [-0.25, -0.2) is 4.98 Å². The molecule has 0 radical (unpaired) electrons. The number of nitrogens with one attached hydrogen (secondary N) is 1. The Morgan fingerprint density at radius 1 is 1.32 bits per heavy atom. The van der Waals surface area contributed by atoms with Crippen LogP contribution in [0.15, 0.2) is 52.5 Å². The van der Waals surface area contributed by atoms with Gasteiger partial charge in [0.1, 0.15) is 10.8 Å². The number of carbonyl (C=O) groups is 1. The number of thiazole rings is 1. The summed E-state index contributed by atoms with van der Waals surface area (Å²) in [5, 5.41) is 5.93. The van der Waals surface area contributed by atoms with Crippen molar-refractivity contribution in [2.45, 2.75) is 13.0 Å². The lowest BCUT2D eigenvalue weighted by Gasteiger charge is -2.22. The van der Waals surface area contributed by atoms with Crippen molar-refractivity contribution in [3.05, 3.63) is 65.1 Å². The monoisotopic (exact) mass is 355 g/mol. The number of aryl methyl sites for hydroxylation is 1. The van der Waals surface area contributed by atoms with Crippen molar-refractivity contribution in [1.82, 2.24) is 15.2 Å². The van der Waals surface area contributed by atoms with Crippen molar-refractivity contribution < 1.29 is 9.21 Å². The van der Waals surface area contributed by atoms with Crippen molar-refractivity contribution in [2.75, 3.05) is 20.6 Å². The summed E-state index contributed by atoms with van der Waals surface area (Å²) in [5.41, 5.74) is 2.57. The SMILES string of the molecule is Cc1csc(-c2cccc(C(=O)NCC(c3ccco3)N(C)C)c2)n1. The molecule has 0 aliphatic heterocycles. The maximum absolute atomic E-state index is 12.6. The molecule has 1 unspecified atom stereocenters. The van der Waals surface area contributed by atoms with Gasteiger partial charge in [-0.05, 0) is 45.3 Å². The smallest absolute Gasteiger partial charge is 0.251 e. The third-order valence-electron chi connectivity index (χ3n) is 3.94. The van der Waals surface area contributed by atoms with Crippen LogP contribution in [0.25, 0.3) is 10.6 Å². The van der Waals surface area contributed by atoms with Gasteiger partial charge in [-0.15, -0.1) is 11.3 Å². The van der Waals surface area contributed by atoms with Crippen LogP contribution in [0.3, 0.4) is 0 Å². The average molecular weight is 355 g/mol. The number of hydrogen-bond acceptors (Lipinski definition) is 5. The molecule has 25 heavy (non-hydrogen) atoms. The number of hydrogen-bond donors (Lipinski definition) is 1. The maximum atomic E-state index is 12.6. The van der Waals surface area contributed by atoms with Crippen molar-refractivity contribution in [1.29, 1.82) is 0 Å². The summed E-state index contributed by atoms with van der Waals surface area (Å²) in [7, 11) is 3.93. The first kappa shape index (κ1) is 17.4. The van der Waals surface area contributed by atoms with Crippen molar-refractivity contribution in [2.24, 2.45) is 0 Å². The number of benzene rings is 1. The first-order chi connectivity index (χ1) is 12.0. The highest BCUT2D eigenvalue weighted by Crippen LogP contribution is 2.24. The number of likely N-dealkylation sites (N-methyl/N-ethyl adjacent to an activating group) is 1. The molecular formula is C19H21N3O2S. The fraction of sp³-hybridized carbons (Fsp3) is 0.263. The second-order valence-corrected chi connectivity index (χ2v) is 6.94. The predicted molar refractivity (Wildman–Crippen MR) is 99.8 cm³/mol. The minimum atomic E-state index is -0.103. The zero-order valence-corrected chi connectivity index (χ0v) is 15.3. The van der Waals surface area contributed by atoms with Crippen LogP contribution in [0.2, 0.25) is 0 Å². The van der Waals surface area contributed by atoms with Gasteiger partial charge in [0.25, 0.3) is 5.91 Å². The maximum Gasteiger partial charge on any atom is 0.251 e. The van der Waals surface area contributed by atoms with E-state index in [2.05, 4.69) is 10.3 Å². The molecule has 130 valence electrons. The molecule has 0 aliphatic rings. The number of aromatic nitrogens is 1. The molecule has 5 nitrogen and oxygen atoms in total. The van der Waals surface area contributed by atoms with Crippen LogP contribution in [0.5, 0.6) is 0 Å². The highest BCUT2D eigenvalue weighted by molar-refractivity contribution is 7.13. The highest BCUT2D eigenvalue weighted by Gasteiger charge is 2.18. The number of rotatable bonds is 6. The largest absolute Gasteiger partial charge is 0.468 e. The van der Waals surface area contributed by atoms with Gasteiger partial charge in [0, 0.05) is 28.7 Å². The molecule has 0 spiro atoms. The second kappa shape index (κ2) is 7.63. The van der Waals surface area contributed by atoms with Gasteiger partial charge in [-0.3, -0.25) is 9.69 Å². The minimum Gasteiger partial charge on any atom is -0.468 e. The Balaban J connectivity index is 1.71. The van der Waals surface area contributed by atoms with Gasteiger partial charge in [0.05, 0.1) is 12.3 Å². The molecule has 0 aliphatic carbocycles. The van der Waals surface area contributed by atoms with Crippen LogP contribution in [0.4, 0.5) is 0 Å². The molecule has 0 fully saturated rings. The van der Waals surface area contributed by atoms with Crippen molar-refractivity contribution in [3.8, 4) is 10.6 Å². The molecule has 6 heteroatoms. The lowest BCUT2D eigenvalue weighted by Crippen LogP contribution is -2.34. The van der Waals surface area contributed by atoms with Crippen molar-refractivity contribution in [3.63, 3.8) is 0 Å². The number of carbonyl (C=O) groups excluding carboxylic acids is 1. The Labute approximate surface area is 151 Å². The topological polar surface area (TPSA) is 58.4 Å². The Morgan fingerprint density at radius 3 is 2.80 bits per heavy atom. The van der Waals surface area contributed by atoms with E-state index in [4.69, 9.17) is 4.42 Å². The molecular weight excluding hydrogens is 334 g/mol. The number of nitrogens with zero attached hydrogens (tertiary/aromatic N) is 2. The number of amides is 1. The van der Waals surface area contributed by atoms with Crippen LogP contribution < -0.4 is 5.32 Å². The summed E-state index contributed by atoms with van der Waals surface area (Å²) in [4.78, 5) is 19.1.